The number of carbonyl (C=O) groups is 6. The molecule has 4 unspecified atom stereocenters. The van der Waals surface area contributed by atoms with Gasteiger partial charge in [0.25, 0.3) is 0 Å². The summed E-state index contributed by atoms with van der Waals surface area (Å²) in [6, 6.07) is 2.36. The van der Waals surface area contributed by atoms with Gasteiger partial charge in [0.1, 0.15) is 18.1 Å². The van der Waals surface area contributed by atoms with Crippen LogP contribution >= 0.6 is 11.8 Å². The van der Waals surface area contributed by atoms with E-state index in [1.807, 2.05) is 24.5 Å². The van der Waals surface area contributed by atoms with E-state index in [-0.39, 0.29) is 32.1 Å². The number of aliphatic carboxylic acids is 1. The zero-order valence-corrected chi connectivity index (χ0v) is 23.5. The molecule has 11 N–H and O–H groups in total. The van der Waals surface area contributed by atoms with Crippen LogP contribution in [0.3, 0.4) is 0 Å². The minimum absolute atomic E-state index is 0.0481. The highest BCUT2D eigenvalue weighted by Crippen LogP contribution is 2.19. The molecule has 0 spiro atoms. The van der Waals surface area contributed by atoms with E-state index in [0.717, 1.165) is 10.9 Å². The van der Waals surface area contributed by atoms with Gasteiger partial charge in [0.2, 0.25) is 29.5 Å². The molecule has 15 heteroatoms. The van der Waals surface area contributed by atoms with E-state index < -0.39 is 59.7 Å². The van der Waals surface area contributed by atoms with Gasteiger partial charge in [-0.2, -0.15) is 11.8 Å². The summed E-state index contributed by atoms with van der Waals surface area (Å²) in [7, 11) is 0. The van der Waals surface area contributed by atoms with Gasteiger partial charge >= 0.3 is 5.97 Å². The lowest BCUT2D eigenvalue weighted by Gasteiger charge is -2.25. The van der Waals surface area contributed by atoms with Crippen LogP contribution in [0.15, 0.2) is 30.5 Å². The van der Waals surface area contributed by atoms with Crippen molar-refractivity contribution in [3.63, 3.8) is 0 Å². The fourth-order valence-corrected chi connectivity index (χ4v) is 4.52. The Labute approximate surface area is 240 Å². The summed E-state index contributed by atoms with van der Waals surface area (Å²) in [6.45, 7) is 0. The zero-order chi connectivity index (χ0) is 30.5. The van der Waals surface area contributed by atoms with E-state index >= 15 is 0 Å². The number of amides is 5. The van der Waals surface area contributed by atoms with Crippen LogP contribution in [0.25, 0.3) is 10.9 Å². The molecule has 1 heterocycles. The number of carboxylic acids is 1. The predicted molar refractivity (Wildman–Crippen MR) is 153 cm³/mol. The molecule has 4 atom stereocenters. The summed E-state index contributed by atoms with van der Waals surface area (Å²) in [5, 5.41) is 17.8. The van der Waals surface area contributed by atoms with Gasteiger partial charge in [0.15, 0.2) is 0 Å². The number of nitrogens with two attached hydrogens (primary N) is 3. The number of para-hydroxylation sites is 1. The number of carboxylic acid groups (broad SMARTS) is 1. The smallest absolute Gasteiger partial charge is 0.326 e. The summed E-state index contributed by atoms with van der Waals surface area (Å²) >= 11 is 1.50. The molecule has 14 nitrogen and oxygen atoms in total. The minimum atomic E-state index is -1.45. The van der Waals surface area contributed by atoms with Crippen LogP contribution in [-0.2, 0) is 35.2 Å². The molecule has 0 saturated carbocycles. The fraction of sp³-hybridized carbons (Fsp3) is 0.462. The second-order valence-corrected chi connectivity index (χ2v) is 10.5. The van der Waals surface area contributed by atoms with Gasteiger partial charge in [-0.1, -0.05) is 18.2 Å². The molecule has 0 aliphatic carbocycles. The molecule has 5 amide bonds. The van der Waals surface area contributed by atoms with Crippen molar-refractivity contribution in [3.05, 3.63) is 36.0 Å². The van der Waals surface area contributed by atoms with E-state index in [9.17, 15) is 33.9 Å². The fourth-order valence-electron chi connectivity index (χ4n) is 4.03. The number of nitrogens with one attached hydrogen (secondary N) is 4. The summed E-state index contributed by atoms with van der Waals surface area (Å²) in [5.74, 6) is -4.45. The van der Waals surface area contributed by atoms with Gasteiger partial charge < -0.3 is 43.2 Å². The van der Waals surface area contributed by atoms with E-state index in [2.05, 4.69) is 20.9 Å². The van der Waals surface area contributed by atoms with Crippen molar-refractivity contribution in [1.82, 2.24) is 20.9 Å². The van der Waals surface area contributed by atoms with Gasteiger partial charge in [-0.25, -0.2) is 4.79 Å². The van der Waals surface area contributed by atoms with Crippen molar-refractivity contribution in [3.8, 4) is 0 Å². The van der Waals surface area contributed by atoms with Gasteiger partial charge in [-0.3, -0.25) is 24.0 Å². The van der Waals surface area contributed by atoms with E-state index in [0.29, 0.717) is 17.7 Å². The number of H-pyrrole nitrogens is 1. The number of carbonyl (C=O) groups excluding carboxylic acids is 5. The van der Waals surface area contributed by atoms with Crippen molar-refractivity contribution in [2.45, 2.75) is 62.7 Å². The molecular formula is C26H37N7O7S. The van der Waals surface area contributed by atoms with Crippen LogP contribution in [0.5, 0.6) is 0 Å². The van der Waals surface area contributed by atoms with E-state index in [4.69, 9.17) is 17.2 Å². The molecule has 1 aromatic heterocycles. The highest BCUT2D eigenvalue weighted by Gasteiger charge is 2.31. The summed E-state index contributed by atoms with van der Waals surface area (Å²) < 4.78 is 0. The van der Waals surface area contributed by atoms with E-state index in [1.54, 1.807) is 12.3 Å². The summed E-state index contributed by atoms with van der Waals surface area (Å²) in [4.78, 5) is 76.8. The van der Waals surface area contributed by atoms with Gasteiger partial charge in [-0.15, -0.1) is 0 Å². The first-order valence-corrected chi connectivity index (χ1v) is 14.3. The third kappa shape index (κ3) is 10.8. The Kier molecular flexibility index (Phi) is 13.1. The Balaban J connectivity index is 2.32. The predicted octanol–water partition coefficient (Wildman–Crippen LogP) is -1.14. The largest absolute Gasteiger partial charge is 0.480 e. The second-order valence-electron chi connectivity index (χ2n) is 9.48. The average Bonchev–Trinajstić information content (AvgIpc) is 3.33. The van der Waals surface area contributed by atoms with Crippen LogP contribution in [0.1, 0.15) is 37.7 Å². The summed E-state index contributed by atoms with van der Waals surface area (Å²) in [5.41, 5.74) is 17.7. The lowest BCUT2D eigenvalue weighted by Crippen LogP contribution is -2.57. The first kappa shape index (κ1) is 33.1. The molecule has 0 saturated heterocycles. The Bertz CT molecular complexity index is 1250. The molecule has 0 bridgehead atoms. The number of fused-ring (bicyclic) bond motifs is 1. The lowest BCUT2D eigenvalue weighted by atomic mass is 10.0. The quantitative estimate of drug-likeness (QED) is 0.104. The highest BCUT2D eigenvalue weighted by atomic mass is 32.2. The van der Waals surface area contributed by atoms with Gasteiger partial charge in [-0.05, 0) is 42.9 Å². The van der Waals surface area contributed by atoms with Crippen molar-refractivity contribution >= 4 is 58.2 Å². The number of aromatic nitrogens is 1. The van der Waals surface area contributed by atoms with Crippen molar-refractivity contribution in [2.24, 2.45) is 17.2 Å². The third-order valence-corrected chi connectivity index (χ3v) is 6.95. The first-order chi connectivity index (χ1) is 19.4. The molecule has 0 fully saturated rings. The van der Waals surface area contributed by atoms with Gasteiger partial charge in [0.05, 0.1) is 6.04 Å². The maximum Gasteiger partial charge on any atom is 0.326 e. The molecule has 41 heavy (non-hydrogen) atoms. The molecule has 0 aliphatic rings. The summed E-state index contributed by atoms with van der Waals surface area (Å²) in [6.07, 6.45) is 2.90. The molecule has 0 radical (unpaired) electrons. The van der Waals surface area contributed by atoms with Crippen LogP contribution < -0.4 is 33.2 Å². The minimum Gasteiger partial charge on any atom is -0.480 e. The number of hydrogen-bond donors (Lipinski definition) is 8. The Morgan fingerprint density at radius 1 is 0.854 bits per heavy atom. The number of thioether (sulfide) groups is 1. The van der Waals surface area contributed by atoms with Crippen LogP contribution in [-0.4, -0.2) is 81.8 Å². The SMILES string of the molecule is CSCCC(N)C(=O)NC(CCC(N)=O)C(=O)NC(Cc1c[nH]c2ccccc12)C(=O)NC(CCC(N)=O)C(=O)O. The molecule has 0 aliphatic heterocycles. The topological polar surface area (TPSA) is 253 Å². The molecular weight excluding hydrogens is 554 g/mol. The Morgan fingerprint density at radius 2 is 1.41 bits per heavy atom. The monoisotopic (exact) mass is 591 g/mol. The number of rotatable bonds is 18. The Morgan fingerprint density at radius 3 is 2.02 bits per heavy atom. The average molecular weight is 592 g/mol. The Hall–Kier alpha value is -4.11. The normalized spacial score (nSPS) is 13.9. The number of aromatic amines is 1. The van der Waals surface area contributed by atoms with Crippen LogP contribution in [0.4, 0.5) is 0 Å². The van der Waals surface area contributed by atoms with Crippen molar-refractivity contribution < 1.29 is 33.9 Å². The first-order valence-electron chi connectivity index (χ1n) is 12.9. The number of benzene rings is 1. The maximum absolute atomic E-state index is 13.4. The molecule has 224 valence electrons. The van der Waals surface area contributed by atoms with Gasteiger partial charge in [0, 0.05) is 36.4 Å². The molecule has 2 aromatic rings. The van der Waals surface area contributed by atoms with Crippen LogP contribution in [0, 0.1) is 0 Å². The zero-order valence-electron chi connectivity index (χ0n) is 22.7. The van der Waals surface area contributed by atoms with Crippen molar-refractivity contribution in [2.75, 3.05) is 12.0 Å². The molecule has 1 aromatic carbocycles. The number of primary amides is 2. The van der Waals surface area contributed by atoms with E-state index in [1.165, 1.54) is 11.8 Å². The second kappa shape index (κ2) is 16.2. The maximum atomic E-state index is 13.4. The van der Waals surface area contributed by atoms with Crippen LogP contribution in [0.2, 0.25) is 0 Å². The molecule has 2 rings (SSSR count). The number of hydrogen-bond acceptors (Lipinski definition) is 8. The highest BCUT2D eigenvalue weighted by molar-refractivity contribution is 7.98. The lowest BCUT2D eigenvalue weighted by molar-refractivity contribution is -0.142. The standard InChI is InChI=1S/C26H37N7O7S/c1-41-11-10-16(27)23(36)31-18(6-8-21(28)34)24(37)33-20(12-14-13-30-17-5-3-2-4-15(14)17)25(38)32-19(26(39)40)7-9-22(29)35/h2-5,13,16,18-20,30H,6-12,27H2,1H3,(H2,28,34)(H2,29,35)(H,31,36)(H,32,38)(H,33,37)(H,39,40). The third-order valence-electron chi connectivity index (χ3n) is 6.31. The van der Waals surface area contributed by atoms with Crippen molar-refractivity contribution in [1.29, 1.82) is 0 Å².